The van der Waals surface area contributed by atoms with E-state index in [-0.39, 0.29) is 18.1 Å². The summed E-state index contributed by atoms with van der Waals surface area (Å²) in [5.74, 6) is 0.112. The minimum atomic E-state index is -0.487. The zero-order valence-electron chi connectivity index (χ0n) is 14.2. The van der Waals surface area contributed by atoms with Crippen molar-refractivity contribution in [2.75, 3.05) is 6.54 Å². The molecule has 0 saturated carbocycles. The number of thiazole rings is 1. The zero-order valence-corrected chi connectivity index (χ0v) is 15.0. The second-order valence-corrected chi connectivity index (χ2v) is 7.39. The Morgan fingerprint density at radius 2 is 2.33 bits per heavy atom. The van der Waals surface area contributed by atoms with Crippen LogP contribution in [-0.2, 0) is 17.6 Å². The summed E-state index contributed by atoms with van der Waals surface area (Å²) < 4.78 is 20.1. The molecular formula is C19H15FN4O2S. The molecule has 0 fully saturated rings. The van der Waals surface area contributed by atoms with E-state index in [1.165, 1.54) is 17.4 Å². The van der Waals surface area contributed by atoms with E-state index in [0.29, 0.717) is 29.7 Å². The lowest BCUT2D eigenvalue weighted by Crippen LogP contribution is -2.41. The van der Waals surface area contributed by atoms with Crippen molar-refractivity contribution in [1.82, 2.24) is 19.9 Å². The number of nitrogens with one attached hydrogen (secondary N) is 1. The number of nitrogens with zero attached hydrogens (tertiary/aromatic N) is 3. The number of H-pyrrole nitrogens is 1. The van der Waals surface area contributed by atoms with Gasteiger partial charge in [-0.3, -0.25) is 4.79 Å². The highest BCUT2D eigenvalue weighted by molar-refractivity contribution is 7.09. The van der Waals surface area contributed by atoms with Gasteiger partial charge in [-0.2, -0.15) is 0 Å². The van der Waals surface area contributed by atoms with Crippen molar-refractivity contribution in [1.29, 1.82) is 0 Å². The van der Waals surface area contributed by atoms with Crippen molar-refractivity contribution in [3.63, 3.8) is 0 Å². The fraction of sp³-hybridized carbons (Fsp3) is 0.211. The Labute approximate surface area is 157 Å². The van der Waals surface area contributed by atoms with E-state index < -0.39 is 6.04 Å². The van der Waals surface area contributed by atoms with Crippen LogP contribution >= 0.6 is 11.3 Å². The highest BCUT2D eigenvalue weighted by Gasteiger charge is 2.36. The van der Waals surface area contributed by atoms with Gasteiger partial charge in [0.15, 0.2) is 0 Å². The van der Waals surface area contributed by atoms with Gasteiger partial charge in [0, 0.05) is 30.2 Å². The highest BCUT2D eigenvalue weighted by Crippen LogP contribution is 2.37. The second kappa shape index (κ2) is 6.31. The van der Waals surface area contributed by atoms with Gasteiger partial charge in [-0.1, -0.05) is 6.07 Å². The SMILES string of the molecule is O=C(Cc1nccs1)N1CCc2[nH]cnc2[C@H]1c1cc2c(F)cccc2o1. The fourth-order valence-corrected chi connectivity index (χ4v) is 4.19. The van der Waals surface area contributed by atoms with E-state index in [0.717, 1.165) is 16.4 Å². The molecule has 6 nitrogen and oxygen atoms in total. The Balaban J connectivity index is 1.58. The molecular weight excluding hydrogens is 367 g/mol. The summed E-state index contributed by atoms with van der Waals surface area (Å²) in [6.45, 7) is 0.531. The van der Waals surface area contributed by atoms with Crippen molar-refractivity contribution >= 4 is 28.2 Å². The number of benzene rings is 1. The number of carbonyl (C=O) groups is 1. The smallest absolute Gasteiger partial charge is 0.230 e. The van der Waals surface area contributed by atoms with Gasteiger partial charge in [-0.25, -0.2) is 14.4 Å². The first-order valence-electron chi connectivity index (χ1n) is 8.58. The molecule has 27 heavy (non-hydrogen) atoms. The maximum absolute atomic E-state index is 14.1. The number of carbonyl (C=O) groups excluding carboxylic acids is 1. The number of aromatic nitrogens is 3. The highest BCUT2D eigenvalue weighted by atomic mass is 32.1. The maximum atomic E-state index is 14.1. The van der Waals surface area contributed by atoms with E-state index in [1.54, 1.807) is 35.6 Å². The number of aromatic amines is 1. The van der Waals surface area contributed by atoms with Gasteiger partial charge < -0.3 is 14.3 Å². The summed E-state index contributed by atoms with van der Waals surface area (Å²) in [6, 6.07) is 5.91. The van der Waals surface area contributed by atoms with Crippen LogP contribution in [-0.4, -0.2) is 32.3 Å². The molecule has 0 radical (unpaired) electrons. The summed E-state index contributed by atoms with van der Waals surface area (Å²) in [6.07, 6.45) is 4.22. The summed E-state index contributed by atoms with van der Waals surface area (Å²) >= 11 is 1.45. The van der Waals surface area contributed by atoms with Crippen LogP contribution in [0.3, 0.4) is 0 Å². The lowest BCUT2D eigenvalue weighted by atomic mass is 9.99. The van der Waals surface area contributed by atoms with Crippen molar-refractivity contribution in [3.05, 3.63) is 70.1 Å². The van der Waals surface area contributed by atoms with Crippen molar-refractivity contribution in [3.8, 4) is 0 Å². The quantitative estimate of drug-likeness (QED) is 0.589. The molecule has 1 aliphatic rings. The summed E-state index contributed by atoms with van der Waals surface area (Å²) in [5.41, 5.74) is 2.17. The van der Waals surface area contributed by atoms with Gasteiger partial charge >= 0.3 is 0 Å². The zero-order chi connectivity index (χ0) is 18.4. The lowest BCUT2D eigenvalue weighted by Gasteiger charge is -2.33. The van der Waals surface area contributed by atoms with Gasteiger partial charge in [-0.05, 0) is 18.2 Å². The lowest BCUT2D eigenvalue weighted by molar-refractivity contribution is -0.133. The minimum absolute atomic E-state index is 0.0514. The molecule has 0 saturated heterocycles. The van der Waals surface area contributed by atoms with Crippen LogP contribution < -0.4 is 0 Å². The first-order valence-corrected chi connectivity index (χ1v) is 9.46. The van der Waals surface area contributed by atoms with Crippen LogP contribution in [0.4, 0.5) is 4.39 Å². The van der Waals surface area contributed by atoms with Gasteiger partial charge in [0.05, 0.1) is 23.8 Å². The number of halogens is 1. The number of furan rings is 1. The van der Waals surface area contributed by atoms with E-state index in [4.69, 9.17) is 4.42 Å². The third-order valence-corrected chi connectivity index (χ3v) is 5.61. The molecule has 1 aromatic carbocycles. The average Bonchev–Trinajstić information content (AvgIpc) is 3.41. The van der Waals surface area contributed by atoms with Crippen LogP contribution in [0.15, 0.2) is 46.6 Å². The molecule has 0 unspecified atom stereocenters. The normalized spacial score (nSPS) is 16.6. The standard InChI is InChI=1S/C19H15FN4O2S/c20-12-2-1-3-14-11(12)8-15(26-14)19-18-13(22-10-23-18)4-6-24(19)17(25)9-16-21-5-7-27-16/h1-3,5,7-8,10,19H,4,6,9H2,(H,22,23)/t19-/m1/s1. The molecule has 4 aromatic rings. The Morgan fingerprint density at radius 3 is 3.15 bits per heavy atom. The van der Waals surface area contributed by atoms with Crippen LogP contribution in [0.25, 0.3) is 11.0 Å². The number of rotatable bonds is 3. The summed E-state index contributed by atoms with van der Waals surface area (Å²) in [7, 11) is 0. The third-order valence-electron chi connectivity index (χ3n) is 4.83. The van der Waals surface area contributed by atoms with Crippen LogP contribution in [0, 0.1) is 5.82 Å². The molecule has 5 rings (SSSR count). The van der Waals surface area contributed by atoms with E-state index in [2.05, 4.69) is 15.0 Å². The topological polar surface area (TPSA) is 75.0 Å². The van der Waals surface area contributed by atoms with Gasteiger partial charge in [-0.15, -0.1) is 11.3 Å². The first kappa shape index (κ1) is 16.2. The molecule has 0 aliphatic carbocycles. The van der Waals surface area contributed by atoms with E-state index in [1.807, 2.05) is 5.38 Å². The Hall–Kier alpha value is -3.00. The Bertz CT molecular complexity index is 1120. The molecule has 1 amide bonds. The van der Waals surface area contributed by atoms with E-state index in [9.17, 15) is 9.18 Å². The molecule has 4 heterocycles. The maximum Gasteiger partial charge on any atom is 0.230 e. The van der Waals surface area contributed by atoms with E-state index >= 15 is 0 Å². The Morgan fingerprint density at radius 1 is 1.41 bits per heavy atom. The monoisotopic (exact) mass is 382 g/mol. The van der Waals surface area contributed by atoms with Crippen molar-refractivity contribution in [2.45, 2.75) is 18.9 Å². The third kappa shape index (κ3) is 2.73. The van der Waals surface area contributed by atoms with Crippen LogP contribution in [0.5, 0.6) is 0 Å². The predicted molar refractivity (Wildman–Crippen MR) is 97.8 cm³/mol. The minimum Gasteiger partial charge on any atom is -0.458 e. The van der Waals surface area contributed by atoms with Gasteiger partial charge in [0.25, 0.3) is 0 Å². The fourth-order valence-electron chi connectivity index (χ4n) is 3.58. The molecule has 3 aromatic heterocycles. The molecule has 1 atom stereocenters. The van der Waals surface area contributed by atoms with Crippen LogP contribution in [0.2, 0.25) is 0 Å². The Kier molecular flexibility index (Phi) is 3.78. The van der Waals surface area contributed by atoms with Crippen LogP contribution in [0.1, 0.15) is 28.2 Å². The summed E-state index contributed by atoms with van der Waals surface area (Å²) in [4.78, 5) is 26.5. The second-order valence-electron chi connectivity index (χ2n) is 6.41. The van der Waals surface area contributed by atoms with Crippen molar-refractivity contribution < 1.29 is 13.6 Å². The van der Waals surface area contributed by atoms with Gasteiger partial charge in [0.2, 0.25) is 5.91 Å². The molecule has 0 spiro atoms. The molecule has 1 N–H and O–H groups in total. The number of hydrogen-bond acceptors (Lipinski definition) is 5. The summed E-state index contributed by atoms with van der Waals surface area (Å²) in [5, 5.41) is 3.02. The first-order chi connectivity index (χ1) is 13.2. The predicted octanol–water partition coefficient (Wildman–Crippen LogP) is 3.47. The molecule has 8 heteroatoms. The molecule has 136 valence electrons. The van der Waals surface area contributed by atoms with Crippen molar-refractivity contribution in [2.24, 2.45) is 0 Å². The molecule has 1 aliphatic heterocycles. The number of hydrogen-bond donors (Lipinski definition) is 1. The molecule has 0 bridgehead atoms. The number of imidazole rings is 1. The van der Waals surface area contributed by atoms with Gasteiger partial charge in [0.1, 0.15) is 28.2 Å². The number of fused-ring (bicyclic) bond motifs is 2. The number of amides is 1. The largest absolute Gasteiger partial charge is 0.458 e. The average molecular weight is 382 g/mol.